The Kier molecular flexibility index (Phi) is 12.4. The van der Waals surface area contributed by atoms with Crippen LogP contribution in [0, 0.1) is 6.92 Å². The monoisotopic (exact) mass is 759 g/mol. The smallest absolute Gasteiger partial charge is 0.264 e. The number of benzene rings is 4. The van der Waals surface area contributed by atoms with Gasteiger partial charge in [-0.1, -0.05) is 77.3 Å². The summed E-state index contributed by atoms with van der Waals surface area (Å²) in [5.41, 5.74) is 2.56. The highest BCUT2D eigenvalue weighted by Gasteiger charge is 2.35. The lowest BCUT2D eigenvalue weighted by atomic mass is 10.0. The first kappa shape index (κ1) is 36.3. The van der Waals surface area contributed by atoms with Crippen molar-refractivity contribution < 1.29 is 22.7 Å². The molecule has 0 fully saturated rings. The van der Waals surface area contributed by atoms with E-state index in [9.17, 15) is 18.0 Å². The number of carbonyl (C=O) groups excluding carboxylic acids is 2. The van der Waals surface area contributed by atoms with Gasteiger partial charge in [-0.3, -0.25) is 13.9 Å². The molecule has 4 aromatic carbocycles. The zero-order chi connectivity index (χ0) is 34.3. The lowest BCUT2D eigenvalue weighted by molar-refractivity contribution is -0.140. The number of aryl methyl sites for hydroxylation is 1. The van der Waals surface area contributed by atoms with Crippen LogP contribution in [0.25, 0.3) is 0 Å². The van der Waals surface area contributed by atoms with Crippen LogP contribution in [-0.2, 0) is 32.6 Å². The predicted octanol–water partition coefficient (Wildman–Crippen LogP) is 7.43. The van der Waals surface area contributed by atoms with Crippen LogP contribution in [0.15, 0.2) is 100 Å². The minimum Gasteiger partial charge on any atom is -0.496 e. The highest BCUT2D eigenvalue weighted by Crippen LogP contribution is 2.31. The van der Waals surface area contributed by atoms with E-state index < -0.39 is 28.5 Å². The average Bonchev–Trinajstić information content (AvgIpc) is 3.03. The molecule has 1 atom stereocenters. The van der Waals surface area contributed by atoms with Gasteiger partial charge in [-0.2, -0.15) is 0 Å². The van der Waals surface area contributed by atoms with Gasteiger partial charge >= 0.3 is 0 Å². The highest BCUT2D eigenvalue weighted by atomic mass is 79.9. The maximum absolute atomic E-state index is 14.6. The molecule has 0 unspecified atom stereocenters. The van der Waals surface area contributed by atoms with Crippen LogP contribution >= 0.6 is 39.1 Å². The predicted molar refractivity (Wildman–Crippen MR) is 191 cm³/mol. The van der Waals surface area contributed by atoms with Crippen LogP contribution in [0.2, 0.25) is 10.0 Å². The second-order valence-corrected chi connectivity index (χ2v) is 14.8. The second kappa shape index (κ2) is 16.0. The van der Waals surface area contributed by atoms with Gasteiger partial charge in [0.15, 0.2) is 0 Å². The van der Waals surface area contributed by atoms with Crippen LogP contribution in [0.4, 0.5) is 5.69 Å². The molecule has 1 N–H and O–H groups in total. The van der Waals surface area contributed by atoms with Gasteiger partial charge in [0.25, 0.3) is 10.0 Å². The molecule has 0 heterocycles. The summed E-state index contributed by atoms with van der Waals surface area (Å²) >= 11 is 16.1. The second-order valence-electron chi connectivity index (χ2n) is 11.3. The molecule has 47 heavy (non-hydrogen) atoms. The molecule has 2 amide bonds. The fourth-order valence-corrected chi connectivity index (χ4v) is 7.54. The van der Waals surface area contributed by atoms with E-state index in [1.54, 1.807) is 42.5 Å². The first-order valence-electron chi connectivity index (χ1n) is 14.8. The molecule has 0 aliphatic rings. The molecule has 0 bridgehead atoms. The molecule has 12 heteroatoms. The third-order valence-electron chi connectivity index (χ3n) is 7.37. The van der Waals surface area contributed by atoms with E-state index in [1.165, 1.54) is 30.2 Å². The first-order chi connectivity index (χ1) is 22.3. The molecule has 0 spiro atoms. The van der Waals surface area contributed by atoms with Gasteiger partial charge in [0.05, 0.1) is 22.2 Å². The first-order valence-corrected chi connectivity index (χ1v) is 17.8. The Morgan fingerprint density at radius 2 is 1.62 bits per heavy atom. The zero-order valence-corrected chi connectivity index (χ0v) is 30.3. The van der Waals surface area contributed by atoms with Crippen LogP contribution in [0.3, 0.4) is 0 Å². The Morgan fingerprint density at radius 1 is 0.936 bits per heavy atom. The molecule has 4 rings (SSSR count). The largest absolute Gasteiger partial charge is 0.496 e. The molecule has 0 radical (unpaired) electrons. The fourth-order valence-electron chi connectivity index (χ4n) is 4.94. The van der Waals surface area contributed by atoms with E-state index >= 15 is 0 Å². The van der Waals surface area contributed by atoms with Crippen molar-refractivity contribution in [3.63, 3.8) is 0 Å². The number of amides is 2. The van der Waals surface area contributed by atoms with Gasteiger partial charge < -0.3 is 15.0 Å². The van der Waals surface area contributed by atoms with Crippen LogP contribution in [0.1, 0.15) is 30.5 Å². The number of carbonyl (C=O) groups is 2. The van der Waals surface area contributed by atoms with Gasteiger partial charge in [0.2, 0.25) is 11.8 Å². The number of halogens is 3. The summed E-state index contributed by atoms with van der Waals surface area (Å²) < 4.78 is 35.4. The third kappa shape index (κ3) is 9.28. The quantitative estimate of drug-likeness (QED) is 0.153. The minimum atomic E-state index is -4.30. The van der Waals surface area contributed by atoms with Gasteiger partial charge in [0.1, 0.15) is 18.3 Å². The minimum absolute atomic E-state index is 0.0516. The van der Waals surface area contributed by atoms with E-state index in [2.05, 4.69) is 21.2 Å². The van der Waals surface area contributed by atoms with Gasteiger partial charge in [-0.05, 0) is 90.3 Å². The molecular formula is C35H36BrCl2N3O5S. The molecule has 8 nitrogen and oxygen atoms in total. The summed E-state index contributed by atoms with van der Waals surface area (Å²) in [6.07, 6.45) is 0.180. The zero-order valence-electron chi connectivity index (χ0n) is 26.4. The van der Waals surface area contributed by atoms with Crippen LogP contribution in [0.5, 0.6) is 5.75 Å². The van der Waals surface area contributed by atoms with Crippen molar-refractivity contribution in [3.8, 4) is 5.75 Å². The van der Waals surface area contributed by atoms with Crippen molar-refractivity contribution in [1.82, 2.24) is 10.2 Å². The summed E-state index contributed by atoms with van der Waals surface area (Å²) in [6.45, 7) is 4.87. The standard InChI is InChI=1S/C35H36BrCl2N3O5S/c1-23(2)39-35(43)32(18-25-8-6-5-7-9-25)40(21-26-12-13-27(37)19-31(26)38)34(42)22-41(28-14-10-24(3)11-15-28)47(44,45)29-16-17-33(46-4)30(36)20-29/h5-17,19-20,23,32H,18,21-22H2,1-4H3,(H,39,43)/t32-/m0/s1. The summed E-state index contributed by atoms with van der Waals surface area (Å²) in [7, 11) is -2.82. The molecule has 0 saturated carbocycles. The lowest BCUT2D eigenvalue weighted by Crippen LogP contribution is -2.54. The molecular weight excluding hydrogens is 725 g/mol. The summed E-state index contributed by atoms with van der Waals surface area (Å²) in [6, 6.07) is 24.2. The molecule has 0 saturated heterocycles. The summed E-state index contributed by atoms with van der Waals surface area (Å²) in [4.78, 5) is 29.8. The SMILES string of the molecule is COc1ccc(S(=O)(=O)N(CC(=O)N(Cc2ccc(Cl)cc2Cl)[C@@H](Cc2ccccc2)C(=O)NC(C)C)c2ccc(C)cc2)cc1Br. The average molecular weight is 762 g/mol. The number of anilines is 1. The topological polar surface area (TPSA) is 96.0 Å². The van der Waals surface area contributed by atoms with E-state index in [0.29, 0.717) is 25.8 Å². The molecule has 248 valence electrons. The number of hydrogen-bond acceptors (Lipinski definition) is 5. The van der Waals surface area contributed by atoms with Crippen molar-refractivity contribution in [1.29, 1.82) is 0 Å². The Bertz CT molecular complexity index is 1820. The normalized spacial score (nSPS) is 12.0. The maximum atomic E-state index is 14.6. The summed E-state index contributed by atoms with van der Waals surface area (Å²) in [5.74, 6) is -0.536. The van der Waals surface area contributed by atoms with Crippen molar-refractivity contribution >= 4 is 66.7 Å². The number of sulfonamides is 1. The van der Waals surface area contributed by atoms with E-state index in [0.717, 1.165) is 15.4 Å². The Labute approximate surface area is 294 Å². The number of rotatable bonds is 13. The van der Waals surface area contributed by atoms with E-state index in [4.69, 9.17) is 27.9 Å². The maximum Gasteiger partial charge on any atom is 0.264 e. The van der Waals surface area contributed by atoms with Gasteiger partial charge in [-0.15, -0.1) is 0 Å². The Morgan fingerprint density at radius 3 is 2.21 bits per heavy atom. The molecule has 0 aromatic heterocycles. The molecule has 0 aliphatic carbocycles. The number of hydrogen-bond donors (Lipinski definition) is 1. The number of methoxy groups -OCH3 is 1. The van der Waals surface area contributed by atoms with Gasteiger partial charge in [-0.25, -0.2) is 8.42 Å². The fraction of sp³-hybridized carbons (Fsp3) is 0.257. The lowest BCUT2D eigenvalue weighted by Gasteiger charge is -2.34. The number of nitrogens with one attached hydrogen (secondary N) is 1. The van der Waals surface area contributed by atoms with Crippen LogP contribution in [-0.4, -0.2) is 50.9 Å². The van der Waals surface area contributed by atoms with E-state index in [1.807, 2.05) is 51.1 Å². The molecule has 0 aliphatic heterocycles. The van der Waals surface area contributed by atoms with Crippen molar-refractivity contribution in [2.24, 2.45) is 0 Å². The summed E-state index contributed by atoms with van der Waals surface area (Å²) in [5, 5.41) is 3.66. The number of ether oxygens (including phenoxy) is 1. The van der Waals surface area contributed by atoms with Crippen molar-refractivity contribution in [3.05, 3.63) is 122 Å². The highest BCUT2D eigenvalue weighted by molar-refractivity contribution is 9.10. The third-order valence-corrected chi connectivity index (χ3v) is 10.3. The Hall–Kier alpha value is -3.57. The Balaban J connectivity index is 1.84. The van der Waals surface area contributed by atoms with Crippen molar-refractivity contribution in [2.75, 3.05) is 18.0 Å². The van der Waals surface area contributed by atoms with Crippen molar-refractivity contribution in [2.45, 2.75) is 50.7 Å². The number of nitrogens with zero attached hydrogens (tertiary/aromatic N) is 2. The van der Waals surface area contributed by atoms with Gasteiger partial charge in [0, 0.05) is 29.1 Å². The molecule has 4 aromatic rings. The van der Waals surface area contributed by atoms with E-state index in [-0.39, 0.29) is 35.5 Å². The van der Waals surface area contributed by atoms with Crippen LogP contribution < -0.4 is 14.4 Å².